The van der Waals surface area contributed by atoms with E-state index < -0.39 is 115 Å². The van der Waals surface area contributed by atoms with Crippen LogP contribution in [0.4, 0.5) is 0 Å². The second kappa shape index (κ2) is 28.0. The Hall–Kier alpha value is -8.26. The van der Waals surface area contributed by atoms with Crippen LogP contribution < -0.4 is 60.6 Å². The highest BCUT2D eigenvalue weighted by Crippen LogP contribution is 2.21. The molecule has 7 atom stereocenters. The van der Waals surface area contributed by atoms with Gasteiger partial charge in [0.2, 0.25) is 35.4 Å². The Morgan fingerprint density at radius 1 is 0.562 bits per heavy atom. The van der Waals surface area contributed by atoms with E-state index in [4.69, 9.17) is 28.7 Å². The topological polar surface area (TPSA) is 456 Å². The number of carboxylic acids is 2. The summed E-state index contributed by atoms with van der Waals surface area (Å²) < 4.78 is 0. The Morgan fingerprint density at radius 3 is 1.44 bits per heavy atom. The number of nitrogens with zero attached hydrogens (tertiary/aromatic N) is 2. The lowest BCUT2D eigenvalue weighted by atomic mass is 10.0. The second-order valence-corrected chi connectivity index (χ2v) is 17.6. The number of aliphatic imine (C=N–C) groups is 2. The van der Waals surface area contributed by atoms with Gasteiger partial charge in [0, 0.05) is 66.6 Å². The molecule has 0 spiro atoms. The molecule has 396 valence electrons. The molecule has 0 unspecified atom stereocenters. The van der Waals surface area contributed by atoms with Crippen LogP contribution in [0.25, 0.3) is 21.8 Å². The molecule has 0 fully saturated rings. The van der Waals surface area contributed by atoms with E-state index in [1.54, 1.807) is 56.6 Å². The number of nitrogens with two attached hydrogens (primary N) is 5. The highest BCUT2D eigenvalue weighted by Gasteiger charge is 2.35. The van der Waals surface area contributed by atoms with E-state index in [1.165, 1.54) is 0 Å². The molecule has 0 aliphatic rings. The number of rotatable bonds is 30. The number of aliphatic hydroxyl groups is 1. The maximum atomic E-state index is 14.3. The maximum Gasteiger partial charge on any atom is 0.326 e. The zero-order valence-electron chi connectivity index (χ0n) is 40.6. The largest absolute Gasteiger partial charge is 0.481 e. The van der Waals surface area contributed by atoms with Gasteiger partial charge in [-0.25, -0.2) is 4.79 Å². The first kappa shape index (κ1) is 57.3. The lowest BCUT2D eigenvalue weighted by Gasteiger charge is -2.27. The fourth-order valence-electron chi connectivity index (χ4n) is 7.75. The summed E-state index contributed by atoms with van der Waals surface area (Å²) in [6, 6.07) is 4.14. The number of aliphatic hydroxyl groups excluding tert-OH is 1. The smallest absolute Gasteiger partial charge is 0.326 e. The summed E-state index contributed by atoms with van der Waals surface area (Å²) in [6.45, 7) is 2.30. The average molecular weight is 1020 g/mol. The monoisotopic (exact) mass is 1020 g/mol. The number of benzene rings is 2. The van der Waals surface area contributed by atoms with Gasteiger partial charge in [0.05, 0.1) is 12.6 Å². The first-order valence-corrected chi connectivity index (χ1v) is 23.5. The molecule has 73 heavy (non-hydrogen) atoms. The number of aliphatic carboxylic acids is 2. The summed E-state index contributed by atoms with van der Waals surface area (Å²) in [5.74, 6) is -9.25. The van der Waals surface area contributed by atoms with Gasteiger partial charge in [-0.3, -0.25) is 43.5 Å². The Kier molecular flexibility index (Phi) is 21.9. The third-order valence-electron chi connectivity index (χ3n) is 11.7. The van der Waals surface area contributed by atoms with E-state index in [9.17, 15) is 53.7 Å². The lowest BCUT2D eigenvalue weighted by molar-refractivity contribution is -0.143. The minimum absolute atomic E-state index is 0.00380. The summed E-state index contributed by atoms with van der Waals surface area (Å²) >= 11 is 0. The zero-order valence-corrected chi connectivity index (χ0v) is 40.6. The van der Waals surface area contributed by atoms with Crippen LogP contribution in [0, 0.1) is 5.92 Å². The SMILES string of the molecule is CC(C)[C@H](NC(=O)[C@H](Cc1c[nH]c2ccccc12)NC(=O)[C@H](CO)NC(=O)[C@H](CCC(=O)O)NC(=O)[C@H](CCCN=C(N)N)NC(=O)[C@H](Cc1c[nH]c2ccccc12)NC(=O)[C@@H](N)CCCN=C(N)N)C(=O)O. The quantitative estimate of drug-likeness (QED) is 0.0144. The van der Waals surface area contributed by atoms with Crippen LogP contribution in [-0.4, -0.2) is 147 Å². The van der Waals surface area contributed by atoms with Gasteiger partial charge in [0.15, 0.2) is 11.9 Å². The van der Waals surface area contributed by atoms with Crippen molar-refractivity contribution in [2.24, 2.45) is 44.6 Å². The number of carbonyl (C=O) groups excluding carboxylic acids is 6. The third-order valence-corrected chi connectivity index (χ3v) is 11.7. The number of amides is 6. The van der Waals surface area contributed by atoms with Crippen molar-refractivity contribution in [1.82, 2.24) is 41.9 Å². The molecule has 0 aliphatic heterocycles. The summed E-state index contributed by atoms with van der Waals surface area (Å²) in [5.41, 5.74) is 30.7. The van der Waals surface area contributed by atoms with Gasteiger partial charge in [-0.1, -0.05) is 50.2 Å². The number of nitrogens with one attached hydrogen (secondary N) is 8. The highest BCUT2D eigenvalue weighted by atomic mass is 16.4. The normalized spacial score (nSPS) is 14.0. The predicted octanol–water partition coefficient (Wildman–Crippen LogP) is -2.62. The molecule has 6 amide bonds. The number of aromatic nitrogens is 2. The molecule has 21 N–H and O–H groups in total. The van der Waals surface area contributed by atoms with Crippen molar-refractivity contribution in [2.75, 3.05) is 19.7 Å². The number of hydrogen-bond donors (Lipinski definition) is 16. The van der Waals surface area contributed by atoms with E-state index in [0.29, 0.717) is 28.5 Å². The van der Waals surface area contributed by atoms with Crippen LogP contribution in [-0.2, 0) is 51.2 Å². The second-order valence-electron chi connectivity index (χ2n) is 17.6. The summed E-state index contributed by atoms with van der Waals surface area (Å²) in [4.78, 5) is 121. The van der Waals surface area contributed by atoms with Gasteiger partial charge in [0.25, 0.3) is 0 Å². The fourth-order valence-corrected chi connectivity index (χ4v) is 7.75. The van der Waals surface area contributed by atoms with E-state index in [1.807, 2.05) is 18.2 Å². The number of carboxylic acid groups (broad SMARTS) is 2. The summed E-state index contributed by atoms with van der Waals surface area (Å²) in [5, 5.41) is 46.3. The molecule has 0 radical (unpaired) electrons. The third kappa shape index (κ3) is 17.8. The first-order valence-electron chi connectivity index (χ1n) is 23.5. The molecule has 0 saturated carbocycles. The van der Waals surface area contributed by atoms with Crippen molar-refractivity contribution in [3.05, 3.63) is 72.1 Å². The lowest BCUT2D eigenvalue weighted by Crippen LogP contribution is -2.61. The Labute approximate surface area is 419 Å². The number of fused-ring (bicyclic) bond motifs is 2. The molecular formula is C47H67N15O11. The number of para-hydroxylation sites is 2. The highest BCUT2D eigenvalue weighted by molar-refractivity contribution is 5.98. The molecule has 2 heterocycles. The number of guanidine groups is 2. The van der Waals surface area contributed by atoms with E-state index >= 15 is 0 Å². The zero-order chi connectivity index (χ0) is 53.8. The van der Waals surface area contributed by atoms with E-state index in [0.717, 1.165) is 10.9 Å². The molecule has 0 aliphatic carbocycles. The Bertz CT molecular complexity index is 2620. The standard InChI is InChI=1S/C47H67N15O11/c1-24(2)38(45(72)73)62-43(70)35(20-26-22-56-31-13-6-4-10-28(26)31)60-44(71)36(23-63)61-41(68)33(15-16-37(64)65)58-40(67)32(14-8-18-54-47(51)52)57-42(69)34(19-25-21-55-30-12-5-3-9-27(25)30)59-39(66)29(48)11-7-17-53-46(49)50/h3-6,9-10,12-13,21-22,24,29,32-36,38,55-56,63H,7-8,11,14-20,23,48H2,1-2H3,(H,57,69)(H,58,67)(H,59,66)(H,60,71)(H,61,68)(H,62,70)(H,64,65)(H,72,73)(H4,49,50,53)(H4,51,52,54)/t29-,32-,33-,34-,35-,36-,38-/m0/s1. The van der Waals surface area contributed by atoms with E-state index in [-0.39, 0.29) is 57.1 Å². The first-order chi connectivity index (χ1) is 34.7. The predicted molar refractivity (Wildman–Crippen MR) is 270 cm³/mol. The fraction of sp³-hybridized carbons (Fsp3) is 0.447. The van der Waals surface area contributed by atoms with Gasteiger partial charge < -0.3 is 85.9 Å². The molecule has 4 aromatic rings. The van der Waals surface area contributed by atoms with Crippen LogP contribution in [0.2, 0.25) is 0 Å². The van der Waals surface area contributed by atoms with Crippen molar-refractivity contribution >= 4 is 81.1 Å². The molecule has 26 nitrogen and oxygen atoms in total. The molecule has 4 rings (SSSR count). The Morgan fingerprint density at radius 2 is 0.973 bits per heavy atom. The minimum Gasteiger partial charge on any atom is -0.481 e. The van der Waals surface area contributed by atoms with Crippen LogP contribution >= 0.6 is 0 Å². The van der Waals surface area contributed by atoms with Crippen LogP contribution in [0.3, 0.4) is 0 Å². The molecule has 2 aromatic heterocycles. The van der Waals surface area contributed by atoms with Crippen LogP contribution in [0.5, 0.6) is 0 Å². The molecule has 26 heteroatoms. The van der Waals surface area contributed by atoms with Crippen LogP contribution in [0.1, 0.15) is 63.5 Å². The average Bonchev–Trinajstić information content (AvgIpc) is 3.95. The van der Waals surface area contributed by atoms with Gasteiger partial charge in [-0.2, -0.15) is 0 Å². The van der Waals surface area contributed by atoms with Crippen molar-refractivity contribution in [3.63, 3.8) is 0 Å². The molecular weight excluding hydrogens is 951 g/mol. The summed E-state index contributed by atoms with van der Waals surface area (Å²) in [6.07, 6.45) is 2.24. The van der Waals surface area contributed by atoms with Crippen molar-refractivity contribution in [2.45, 2.75) is 108 Å². The minimum atomic E-state index is -1.79. The number of carbonyl (C=O) groups is 8. The molecule has 0 bridgehead atoms. The number of aromatic amines is 2. The molecule has 2 aromatic carbocycles. The van der Waals surface area contributed by atoms with E-state index in [2.05, 4.69) is 51.9 Å². The number of hydrogen-bond acceptors (Lipinski definition) is 12. The van der Waals surface area contributed by atoms with Gasteiger partial charge >= 0.3 is 11.9 Å². The van der Waals surface area contributed by atoms with Crippen molar-refractivity contribution in [1.29, 1.82) is 0 Å². The van der Waals surface area contributed by atoms with Gasteiger partial charge in [0.1, 0.15) is 36.3 Å². The number of H-pyrrole nitrogens is 2. The van der Waals surface area contributed by atoms with Gasteiger partial charge in [-0.05, 0) is 61.3 Å². The summed E-state index contributed by atoms with van der Waals surface area (Å²) in [7, 11) is 0. The maximum absolute atomic E-state index is 14.3. The molecule has 0 saturated heterocycles. The Balaban J connectivity index is 1.59. The van der Waals surface area contributed by atoms with Gasteiger partial charge in [-0.15, -0.1) is 0 Å². The van der Waals surface area contributed by atoms with Crippen molar-refractivity contribution in [3.8, 4) is 0 Å². The van der Waals surface area contributed by atoms with Crippen LogP contribution in [0.15, 0.2) is 70.9 Å². The van der Waals surface area contributed by atoms with Crippen molar-refractivity contribution < 1.29 is 53.7 Å².